The standard InChI is InChI=1S/C19H19F2NO3S/c20-14-5-2-6-15(10-14)26(24,25)16-9-13-4-1-3-12(7-8-18(22)23)19(13)17(21)11-16/h2,5-6,9-12H,1,3-4,7-8H2,(H2,22,23)/t12-/m0/s1. The summed E-state index contributed by atoms with van der Waals surface area (Å²) in [6, 6.07) is 7.11. The molecule has 1 aliphatic carbocycles. The summed E-state index contributed by atoms with van der Waals surface area (Å²) in [5.41, 5.74) is 6.28. The number of aryl methyl sites for hydroxylation is 1. The van der Waals surface area contributed by atoms with E-state index in [1.54, 1.807) is 0 Å². The first kappa shape index (κ1) is 18.5. The zero-order valence-electron chi connectivity index (χ0n) is 14.0. The van der Waals surface area contributed by atoms with Crippen molar-refractivity contribution in [2.75, 3.05) is 0 Å². The highest BCUT2D eigenvalue weighted by Crippen LogP contribution is 2.38. The second kappa shape index (κ2) is 7.15. The molecule has 0 fully saturated rings. The Hall–Kier alpha value is -2.28. The van der Waals surface area contributed by atoms with E-state index < -0.39 is 27.4 Å². The Labute approximate surface area is 150 Å². The molecule has 0 spiro atoms. The van der Waals surface area contributed by atoms with Gasteiger partial charge in [-0.1, -0.05) is 6.07 Å². The Bertz CT molecular complexity index is 957. The number of hydrogen-bond acceptors (Lipinski definition) is 3. The fraction of sp³-hybridized carbons (Fsp3) is 0.316. The highest BCUT2D eigenvalue weighted by Gasteiger charge is 2.28. The third kappa shape index (κ3) is 3.62. The molecule has 0 aromatic heterocycles. The molecule has 0 unspecified atom stereocenters. The van der Waals surface area contributed by atoms with Crippen LogP contribution < -0.4 is 5.73 Å². The van der Waals surface area contributed by atoms with Crippen LogP contribution in [0, 0.1) is 11.6 Å². The van der Waals surface area contributed by atoms with E-state index in [2.05, 4.69) is 0 Å². The lowest BCUT2D eigenvalue weighted by molar-refractivity contribution is -0.118. The van der Waals surface area contributed by atoms with Crippen LogP contribution in [0.2, 0.25) is 0 Å². The van der Waals surface area contributed by atoms with Crippen molar-refractivity contribution >= 4 is 15.7 Å². The number of primary amides is 1. The van der Waals surface area contributed by atoms with Gasteiger partial charge < -0.3 is 5.73 Å². The number of fused-ring (bicyclic) bond motifs is 1. The number of halogens is 2. The fourth-order valence-electron chi connectivity index (χ4n) is 3.53. The highest BCUT2D eigenvalue weighted by molar-refractivity contribution is 7.91. The fourth-order valence-corrected chi connectivity index (χ4v) is 4.88. The maximum atomic E-state index is 14.8. The topological polar surface area (TPSA) is 77.2 Å². The molecule has 1 amide bonds. The van der Waals surface area contributed by atoms with Crippen LogP contribution in [0.5, 0.6) is 0 Å². The van der Waals surface area contributed by atoms with Crippen LogP contribution in [0.25, 0.3) is 0 Å². The van der Waals surface area contributed by atoms with Crippen LogP contribution >= 0.6 is 0 Å². The second-order valence-corrected chi connectivity index (χ2v) is 8.48. The van der Waals surface area contributed by atoms with Crippen LogP contribution in [-0.2, 0) is 21.1 Å². The summed E-state index contributed by atoms with van der Waals surface area (Å²) < 4.78 is 53.6. The third-order valence-electron chi connectivity index (χ3n) is 4.75. The average molecular weight is 379 g/mol. The van der Waals surface area contributed by atoms with E-state index in [0.717, 1.165) is 31.0 Å². The van der Waals surface area contributed by atoms with Crippen molar-refractivity contribution in [1.29, 1.82) is 0 Å². The molecule has 7 heteroatoms. The van der Waals surface area contributed by atoms with Crippen molar-refractivity contribution in [3.8, 4) is 0 Å². The SMILES string of the molecule is NC(=O)CC[C@@H]1CCCc2cc(S(=O)(=O)c3cccc(F)c3)cc(F)c21. The van der Waals surface area contributed by atoms with Gasteiger partial charge in [0.2, 0.25) is 15.7 Å². The normalized spacial score (nSPS) is 16.9. The highest BCUT2D eigenvalue weighted by atomic mass is 32.2. The molecule has 26 heavy (non-hydrogen) atoms. The first-order valence-electron chi connectivity index (χ1n) is 8.40. The molecule has 3 rings (SSSR count). The molecule has 4 nitrogen and oxygen atoms in total. The van der Waals surface area contributed by atoms with Gasteiger partial charge in [-0.3, -0.25) is 4.79 Å². The lowest BCUT2D eigenvalue weighted by Crippen LogP contribution is -2.17. The third-order valence-corrected chi connectivity index (χ3v) is 6.48. The smallest absolute Gasteiger partial charge is 0.217 e. The van der Waals surface area contributed by atoms with E-state index in [4.69, 9.17) is 5.73 Å². The molecular weight excluding hydrogens is 360 g/mol. The van der Waals surface area contributed by atoms with Crippen LogP contribution in [-0.4, -0.2) is 14.3 Å². The zero-order chi connectivity index (χ0) is 18.9. The molecule has 1 atom stereocenters. The summed E-state index contributed by atoms with van der Waals surface area (Å²) in [5.74, 6) is -1.87. The second-order valence-electron chi connectivity index (χ2n) is 6.53. The Kier molecular flexibility index (Phi) is 5.09. The molecular formula is C19H19F2NO3S. The van der Waals surface area contributed by atoms with Crippen LogP contribution in [0.15, 0.2) is 46.2 Å². The van der Waals surface area contributed by atoms with Gasteiger partial charge in [-0.15, -0.1) is 0 Å². The Morgan fingerprint density at radius 1 is 1.15 bits per heavy atom. The molecule has 0 saturated carbocycles. The van der Waals surface area contributed by atoms with Crippen LogP contribution in [0.4, 0.5) is 8.78 Å². The van der Waals surface area contributed by atoms with E-state index in [0.29, 0.717) is 24.0 Å². The van der Waals surface area contributed by atoms with Crippen LogP contribution in [0.1, 0.15) is 42.7 Å². The summed E-state index contributed by atoms with van der Waals surface area (Å²) in [6.07, 6.45) is 2.67. The van der Waals surface area contributed by atoms with E-state index in [-0.39, 0.29) is 22.1 Å². The van der Waals surface area contributed by atoms with E-state index in [9.17, 15) is 22.0 Å². The van der Waals surface area contributed by atoms with Gasteiger partial charge in [-0.05, 0) is 73.1 Å². The zero-order valence-corrected chi connectivity index (χ0v) is 14.9. The number of hydrogen-bond donors (Lipinski definition) is 1. The number of carbonyl (C=O) groups is 1. The first-order chi connectivity index (χ1) is 12.3. The number of rotatable bonds is 5. The molecule has 0 bridgehead atoms. The molecule has 138 valence electrons. The number of sulfone groups is 1. The quantitative estimate of drug-likeness (QED) is 0.864. The summed E-state index contributed by atoms with van der Waals surface area (Å²) in [4.78, 5) is 10.6. The van der Waals surface area contributed by atoms with Crippen molar-refractivity contribution in [2.45, 2.75) is 47.8 Å². The molecule has 2 aromatic rings. The number of amides is 1. The van der Waals surface area contributed by atoms with Gasteiger partial charge >= 0.3 is 0 Å². The summed E-state index contributed by atoms with van der Waals surface area (Å²) in [6.45, 7) is 0. The predicted octanol–water partition coefficient (Wildman–Crippen LogP) is 3.48. The number of carbonyl (C=O) groups excluding carboxylic acids is 1. The van der Waals surface area contributed by atoms with Gasteiger partial charge in [-0.2, -0.15) is 0 Å². The van der Waals surface area contributed by atoms with E-state index in [1.165, 1.54) is 18.2 Å². The van der Waals surface area contributed by atoms with Crippen molar-refractivity contribution in [1.82, 2.24) is 0 Å². The minimum atomic E-state index is -4.01. The van der Waals surface area contributed by atoms with Crippen molar-refractivity contribution in [3.05, 3.63) is 59.2 Å². The van der Waals surface area contributed by atoms with Gasteiger partial charge in [0.05, 0.1) is 9.79 Å². The molecule has 2 aromatic carbocycles. The summed E-state index contributed by atoms with van der Waals surface area (Å²) >= 11 is 0. The van der Waals surface area contributed by atoms with Gasteiger partial charge in [0.1, 0.15) is 11.6 Å². The molecule has 0 saturated heterocycles. The minimum Gasteiger partial charge on any atom is -0.370 e. The van der Waals surface area contributed by atoms with Crippen LogP contribution in [0.3, 0.4) is 0 Å². The maximum Gasteiger partial charge on any atom is 0.217 e. The first-order valence-corrected chi connectivity index (χ1v) is 9.88. The van der Waals surface area contributed by atoms with Gasteiger partial charge in [0, 0.05) is 6.42 Å². The molecule has 0 radical (unpaired) electrons. The Balaban J connectivity index is 2.02. The molecule has 2 N–H and O–H groups in total. The Morgan fingerprint density at radius 3 is 2.62 bits per heavy atom. The van der Waals surface area contributed by atoms with E-state index >= 15 is 0 Å². The summed E-state index contributed by atoms with van der Waals surface area (Å²) in [7, 11) is -4.01. The van der Waals surface area contributed by atoms with E-state index in [1.807, 2.05) is 0 Å². The lowest BCUT2D eigenvalue weighted by atomic mass is 9.80. The summed E-state index contributed by atoms with van der Waals surface area (Å²) in [5, 5.41) is 0. The van der Waals surface area contributed by atoms with Crippen molar-refractivity contribution in [2.24, 2.45) is 5.73 Å². The molecule has 1 aliphatic rings. The van der Waals surface area contributed by atoms with Gasteiger partial charge in [-0.25, -0.2) is 17.2 Å². The van der Waals surface area contributed by atoms with Gasteiger partial charge in [0.15, 0.2) is 0 Å². The van der Waals surface area contributed by atoms with Crippen molar-refractivity contribution < 1.29 is 22.0 Å². The Morgan fingerprint density at radius 2 is 1.92 bits per heavy atom. The number of benzene rings is 2. The average Bonchev–Trinajstić information content (AvgIpc) is 2.59. The molecule has 0 heterocycles. The molecule has 0 aliphatic heterocycles. The largest absolute Gasteiger partial charge is 0.370 e. The maximum absolute atomic E-state index is 14.8. The van der Waals surface area contributed by atoms with Crippen molar-refractivity contribution in [3.63, 3.8) is 0 Å². The van der Waals surface area contributed by atoms with Gasteiger partial charge in [0.25, 0.3) is 0 Å². The number of nitrogens with two attached hydrogens (primary N) is 1. The lowest BCUT2D eigenvalue weighted by Gasteiger charge is -2.26. The minimum absolute atomic E-state index is 0.155. The monoisotopic (exact) mass is 379 g/mol. The predicted molar refractivity (Wildman–Crippen MR) is 92.4 cm³/mol.